The van der Waals surface area contributed by atoms with E-state index in [0.29, 0.717) is 82.7 Å². The summed E-state index contributed by atoms with van der Waals surface area (Å²) in [7, 11) is -11.3. The quantitative estimate of drug-likeness (QED) is 0.0519. The molecule has 0 aliphatic carbocycles. The molecule has 1 unspecified atom stereocenters. The number of piperazine rings is 3. The molecule has 5 aromatic heterocycles. The Morgan fingerprint density at radius 1 is 0.575 bits per heavy atom. The van der Waals surface area contributed by atoms with E-state index in [0.717, 1.165) is 45.2 Å². The summed E-state index contributed by atoms with van der Waals surface area (Å²) in [5.74, 6) is 0.143. The van der Waals surface area contributed by atoms with Crippen LogP contribution in [-0.4, -0.2) is 175 Å². The molecular formula is C74H85ClN16O11S4. The summed E-state index contributed by atoms with van der Waals surface area (Å²) in [6.45, 7) is 10.2. The van der Waals surface area contributed by atoms with Crippen LogP contribution in [0.3, 0.4) is 0 Å². The van der Waals surface area contributed by atoms with Crippen LogP contribution in [0.5, 0.6) is 0 Å². The number of aliphatic hydroxyl groups is 1. The van der Waals surface area contributed by atoms with Crippen LogP contribution in [0.1, 0.15) is 55.7 Å². The van der Waals surface area contributed by atoms with Gasteiger partial charge in [-0.1, -0.05) is 67.1 Å². The smallest absolute Gasteiger partial charge is 0.263 e. The van der Waals surface area contributed by atoms with Gasteiger partial charge in [0.2, 0.25) is 23.6 Å². The van der Waals surface area contributed by atoms with Gasteiger partial charge in [-0.2, -0.15) is 0 Å². The number of benzene rings is 6. The van der Waals surface area contributed by atoms with Crippen LogP contribution in [0.15, 0.2) is 227 Å². The van der Waals surface area contributed by atoms with Crippen molar-refractivity contribution < 1.29 is 55.2 Å². The van der Waals surface area contributed by atoms with E-state index in [1.54, 1.807) is 80.7 Å². The Kier molecular flexibility index (Phi) is 23.7. The number of aromatic nitrogens is 7. The van der Waals surface area contributed by atoms with Crippen LogP contribution in [0.25, 0.3) is 21.8 Å². The van der Waals surface area contributed by atoms with E-state index in [1.165, 1.54) is 72.4 Å². The first-order valence-corrected chi connectivity index (χ1v) is 39.8. The fourth-order valence-corrected chi connectivity index (χ4v) is 16.7. The maximum Gasteiger partial charge on any atom is 0.263 e. The van der Waals surface area contributed by atoms with Crippen LogP contribution in [0.2, 0.25) is 5.02 Å². The van der Waals surface area contributed by atoms with Crippen LogP contribution in [0.4, 0.5) is 33.8 Å². The summed E-state index contributed by atoms with van der Waals surface area (Å²) in [5.41, 5.74) is 6.49. The van der Waals surface area contributed by atoms with Crippen LogP contribution in [0, 0.1) is 0 Å². The van der Waals surface area contributed by atoms with Crippen LogP contribution in [-0.2, 0) is 62.2 Å². The van der Waals surface area contributed by atoms with Crippen molar-refractivity contribution >= 4 is 132 Å². The number of nitrogens with zero attached hydrogens (tertiary/aromatic N) is 13. The molecule has 4 N–H and O–H groups in total. The summed E-state index contributed by atoms with van der Waals surface area (Å²) in [4.78, 5) is 82.3. The minimum atomic E-state index is -3.77. The molecule has 0 bridgehead atoms. The number of aliphatic hydroxyl groups excluding tert-OH is 1. The monoisotopic (exact) mass is 1540 g/mol. The fourth-order valence-electron chi connectivity index (χ4n) is 12.7. The molecule has 0 spiro atoms. The highest BCUT2D eigenvalue weighted by atomic mass is 35.5. The molecular weight excluding hydrogens is 1450 g/mol. The van der Waals surface area contributed by atoms with E-state index in [1.807, 2.05) is 83.4 Å². The summed E-state index contributed by atoms with van der Waals surface area (Å²) in [6, 6.07) is 47.2. The second-order valence-electron chi connectivity index (χ2n) is 25.1. The van der Waals surface area contributed by atoms with Gasteiger partial charge in [0.05, 0.1) is 32.7 Å². The average Bonchev–Trinajstić information content (AvgIpc) is 1.55. The van der Waals surface area contributed by atoms with E-state index < -0.39 is 36.2 Å². The van der Waals surface area contributed by atoms with E-state index >= 15 is 0 Å². The third-order valence-corrected chi connectivity index (χ3v) is 23.6. The largest absolute Gasteiger partial charge is 0.388 e. The summed E-state index contributed by atoms with van der Waals surface area (Å²) < 4.78 is 86.9. The number of hydrogen-bond acceptors (Lipinski definition) is 19. The number of thiazole rings is 1. The lowest BCUT2D eigenvalue weighted by molar-refractivity contribution is -0.137. The Balaban J connectivity index is 0.000000204. The van der Waals surface area contributed by atoms with Gasteiger partial charge < -0.3 is 43.6 Å². The number of para-hydroxylation sites is 1. The SMILES string of the molecule is CCc1cccc2ccn(C(C)C(=O)N3CCN(c4ccc(S(=O)(=O)Nc5ccncn5)cc4)CC3)c12.O=C(CCn1ccc2cc(Cl)ccc21)N1CCN(c2ccc(S(=O)(=O)Nc3nccs3)cc2)C(=O)C1.O=C(C[C@@H](O)c1ccccc1)N1CCN(c2ccc(S(=O)(=O)Nc3ccncn3)cc2)CC1.[HH].[HH].[HH].[HH]. The second kappa shape index (κ2) is 33.5. The number of carbonyl (C=O) groups is 4. The normalized spacial score (nSPS) is 14.9. The molecule has 106 heavy (non-hydrogen) atoms. The van der Waals surface area contributed by atoms with Crippen molar-refractivity contribution in [1.29, 1.82) is 0 Å². The predicted molar refractivity (Wildman–Crippen MR) is 417 cm³/mol. The molecule has 3 aliphatic heterocycles. The number of rotatable bonds is 21. The van der Waals surface area contributed by atoms with E-state index in [9.17, 15) is 49.5 Å². The van der Waals surface area contributed by atoms with E-state index in [2.05, 4.69) is 84.6 Å². The number of anilines is 6. The van der Waals surface area contributed by atoms with Gasteiger partial charge in [-0.25, -0.2) is 50.2 Å². The molecule has 11 aromatic rings. The Hall–Kier alpha value is -10.8. The Morgan fingerprint density at radius 2 is 1.13 bits per heavy atom. The van der Waals surface area contributed by atoms with Gasteiger partial charge in [-0.3, -0.25) is 33.3 Å². The van der Waals surface area contributed by atoms with Gasteiger partial charge in [-0.15, -0.1) is 11.3 Å². The summed E-state index contributed by atoms with van der Waals surface area (Å²) >= 11 is 7.23. The highest BCUT2D eigenvalue weighted by Crippen LogP contribution is 2.30. The third-order valence-electron chi connectivity index (χ3n) is 18.4. The number of amides is 4. The molecule has 4 amide bonds. The van der Waals surface area contributed by atoms with Crippen molar-refractivity contribution in [2.75, 3.05) is 101 Å². The lowest BCUT2D eigenvalue weighted by atomic mass is 10.1. The van der Waals surface area contributed by atoms with E-state index in [4.69, 9.17) is 11.6 Å². The first-order chi connectivity index (χ1) is 51.1. The summed E-state index contributed by atoms with van der Waals surface area (Å²) in [6.07, 6.45) is 11.4. The third kappa shape index (κ3) is 18.3. The van der Waals surface area contributed by atoms with Gasteiger partial charge in [0.25, 0.3) is 30.1 Å². The van der Waals surface area contributed by atoms with E-state index in [-0.39, 0.29) is 86.2 Å². The Morgan fingerprint density at radius 3 is 1.68 bits per heavy atom. The highest BCUT2D eigenvalue weighted by Gasteiger charge is 2.31. The molecule has 0 radical (unpaired) electrons. The molecule has 32 heteroatoms. The Labute approximate surface area is 628 Å². The molecule has 2 atom stereocenters. The number of nitrogens with one attached hydrogen (secondary N) is 3. The number of carbonyl (C=O) groups excluding carboxylic acids is 4. The van der Waals surface area contributed by atoms with Gasteiger partial charge in [0.15, 0.2) is 5.13 Å². The number of halogens is 1. The molecule has 27 nitrogen and oxygen atoms in total. The second-order valence-corrected chi connectivity index (χ2v) is 31.4. The summed E-state index contributed by atoms with van der Waals surface area (Å²) in [5, 5.41) is 15.1. The molecule has 558 valence electrons. The fraction of sp³-hybridized carbons (Fsp3) is 0.257. The highest BCUT2D eigenvalue weighted by molar-refractivity contribution is 7.93. The molecule has 14 rings (SSSR count). The maximum absolute atomic E-state index is 13.4. The van der Waals surface area contributed by atoms with Gasteiger partial charge >= 0.3 is 0 Å². The van der Waals surface area contributed by atoms with Gasteiger partial charge in [0.1, 0.15) is 36.9 Å². The van der Waals surface area contributed by atoms with Crippen LogP contribution < -0.4 is 28.9 Å². The van der Waals surface area contributed by atoms with Crippen LogP contribution >= 0.6 is 22.9 Å². The molecule has 8 heterocycles. The average molecular weight is 1540 g/mol. The molecule has 3 saturated heterocycles. The van der Waals surface area contributed by atoms with Crippen molar-refractivity contribution in [3.05, 3.63) is 229 Å². The topological polar surface area (TPSA) is 321 Å². The van der Waals surface area contributed by atoms with Crippen molar-refractivity contribution in [2.24, 2.45) is 0 Å². The predicted octanol–water partition coefficient (Wildman–Crippen LogP) is 10.6. The van der Waals surface area contributed by atoms with Crippen molar-refractivity contribution in [1.82, 2.24) is 48.8 Å². The lowest BCUT2D eigenvalue weighted by Gasteiger charge is -2.37. The molecule has 6 aromatic carbocycles. The number of hydrogen-bond donors (Lipinski definition) is 4. The molecule has 3 fully saturated rings. The molecule has 0 saturated carbocycles. The van der Waals surface area contributed by atoms with Crippen molar-refractivity contribution in [3.63, 3.8) is 0 Å². The zero-order valence-electron chi connectivity index (χ0n) is 57.8. The standard InChI is InChI=1S/C27H30N6O3S.C24H22ClN5O4S2.C23H25N5O4S.4H2/c1-3-21-5-4-6-22-12-14-33(26(21)22)20(2)27(34)32-17-15-31(16-18-32)23-7-9-24(10-8-23)37(35,36)30-25-11-13-28-19-29-25;25-18-1-6-21-17(15-18)7-10-28(21)11-8-22(31)29-12-13-30(23(32)16-29)19-2-4-20(5-3-19)36(33,34)27-24-26-9-14-35-24;29-21(18-4-2-1-3-5-18)16-23(30)28-14-12-27(13-15-28)19-6-8-20(9-7-19)33(31,32)26-22-10-11-24-17-25-22;;;;/h4-14,19-20H,3,15-18H2,1-2H3,(H,28,29,30);1-7,9-10,14-15H,8,11-13,16H2,(H,26,27);1-11,17,21,29H,12-16H2,(H,24,25,26);4*1H/t;;21-;;;;/m..1..../s1. The minimum absolute atomic E-state index is 0. The minimum Gasteiger partial charge on any atom is -0.388 e. The maximum atomic E-state index is 13.4. The lowest BCUT2D eigenvalue weighted by Crippen LogP contribution is -2.52. The number of aryl methyl sites for hydroxylation is 2. The first-order valence-electron chi connectivity index (χ1n) is 34.1. The van der Waals surface area contributed by atoms with Crippen molar-refractivity contribution in [2.45, 2.75) is 66.5 Å². The Bertz CT molecular complexity index is 5240. The molecule has 3 aliphatic rings. The number of fused-ring (bicyclic) bond motifs is 2. The zero-order valence-corrected chi connectivity index (χ0v) is 61.8. The number of sulfonamides is 3. The van der Waals surface area contributed by atoms with Gasteiger partial charge in [0, 0.05) is 153 Å². The van der Waals surface area contributed by atoms with Gasteiger partial charge in [-0.05, 0) is 145 Å². The first kappa shape index (κ1) is 74.9. The zero-order chi connectivity index (χ0) is 74.5. The van der Waals surface area contributed by atoms with Crippen molar-refractivity contribution in [3.8, 4) is 0 Å².